The van der Waals surface area contributed by atoms with E-state index in [2.05, 4.69) is 14.6 Å². The van der Waals surface area contributed by atoms with Crippen LogP contribution in [0.25, 0.3) is 21.2 Å². The summed E-state index contributed by atoms with van der Waals surface area (Å²) in [4.78, 5) is 15.3. The monoisotopic (exact) mass is 381 g/mol. The highest BCUT2D eigenvalue weighted by Crippen LogP contribution is 2.31. The molecular weight excluding hydrogens is 361 g/mol. The summed E-state index contributed by atoms with van der Waals surface area (Å²) in [6.07, 6.45) is 2.33. The second-order valence-electron chi connectivity index (χ2n) is 7.47. The Bertz CT molecular complexity index is 1010. The molecule has 3 aromatic rings. The topological polar surface area (TPSA) is 45.2 Å². The third-order valence-corrected chi connectivity index (χ3v) is 6.63. The van der Waals surface area contributed by atoms with Crippen molar-refractivity contribution in [2.75, 3.05) is 19.6 Å². The first kappa shape index (κ1) is 16.8. The number of hydrogen-bond acceptors (Lipinski definition) is 4. The predicted octanol–water partition coefficient (Wildman–Crippen LogP) is 3.93. The Hall–Kier alpha value is -2.31. The highest BCUT2D eigenvalue weighted by Gasteiger charge is 2.35. The van der Waals surface area contributed by atoms with Crippen molar-refractivity contribution in [1.82, 2.24) is 14.6 Å². The molecule has 2 aromatic carbocycles. The number of benzene rings is 2. The Morgan fingerprint density at radius 3 is 2.70 bits per heavy atom. The molecule has 138 valence electrons. The predicted molar refractivity (Wildman–Crippen MR) is 105 cm³/mol. The van der Waals surface area contributed by atoms with Crippen molar-refractivity contribution in [2.24, 2.45) is 5.92 Å². The zero-order valence-corrected chi connectivity index (χ0v) is 15.6. The number of carbonyl (C=O) groups excluding carboxylic acids is 1. The lowest BCUT2D eigenvalue weighted by Gasteiger charge is -2.44. The van der Waals surface area contributed by atoms with Gasteiger partial charge in [-0.25, -0.2) is 4.39 Å². The summed E-state index contributed by atoms with van der Waals surface area (Å²) in [5.41, 5.74) is 2.25. The second kappa shape index (κ2) is 6.69. The number of fused-ring (bicyclic) bond motifs is 4. The van der Waals surface area contributed by atoms with E-state index in [1.54, 1.807) is 6.07 Å². The van der Waals surface area contributed by atoms with Crippen molar-refractivity contribution in [1.29, 1.82) is 0 Å². The highest BCUT2D eigenvalue weighted by atomic mass is 32.1. The number of amides is 1. The summed E-state index contributed by atoms with van der Waals surface area (Å²) in [6, 6.07) is 12.6. The number of halogens is 1. The molecule has 3 saturated heterocycles. The van der Waals surface area contributed by atoms with Crippen molar-refractivity contribution < 1.29 is 9.18 Å². The fourth-order valence-electron chi connectivity index (χ4n) is 4.31. The number of aromatic nitrogens is 1. The average Bonchev–Trinajstić information content (AvgIpc) is 3.12. The van der Waals surface area contributed by atoms with Crippen LogP contribution in [0.15, 0.2) is 42.5 Å². The zero-order valence-electron chi connectivity index (χ0n) is 14.8. The quantitative estimate of drug-likeness (QED) is 0.748. The smallest absolute Gasteiger partial charge is 0.271 e. The van der Waals surface area contributed by atoms with Crippen molar-refractivity contribution in [2.45, 2.75) is 18.9 Å². The molecule has 1 N–H and O–H groups in total. The Morgan fingerprint density at radius 1 is 1.15 bits per heavy atom. The molecule has 3 aliphatic rings. The summed E-state index contributed by atoms with van der Waals surface area (Å²) in [6.45, 7) is 3.25. The molecule has 6 heteroatoms. The van der Waals surface area contributed by atoms with Crippen molar-refractivity contribution in [3.05, 3.63) is 54.0 Å². The van der Waals surface area contributed by atoms with Gasteiger partial charge in [0.2, 0.25) is 0 Å². The van der Waals surface area contributed by atoms with Gasteiger partial charge >= 0.3 is 0 Å². The SMILES string of the molecule is O=C(N[C@H]1CN2CCC1CC2)c1nsc2cc(-c3cccc(F)c3)ccc12. The van der Waals surface area contributed by atoms with Gasteiger partial charge in [0, 0.05) is 18.0 Å². The molecule has 4 nitrogen and oxygen atoms in total. The summed E-state index contributed by atoms with van der Waals surface area (Å²) in [5.74, 6) is 0.247. The average molecular weight is 381 g/mol. The third-order valence-electron chi connectivity index (χ3n) is 5.82. The van der Waals surface area contributed by atoms with Gasteiger partial charge in [-0.05, 0) is 72.7 Å². The van der Waals surface area contributed by atoms with E-state index in [0.717, 1.165) is 40.8 Å². The lowest BCUT2D eigenvalue weighted by Crippen LogP contribution is -2.57. The van der Waals surface area contributed by atoms with Crippen LogP contribution in [0.3, 0.4) is 0 Å². The van der Waals surface area contributed by atoms with Crippen molar-refractivity contribution in [3.63, 3.8) is 0 Å². The number of hydrogen-bond donors (Lipinski definition) is 1. The molecule has 4 heterocycles. The van der Waals surface area contributed by atoms with E-state index >= 15 is 0 Å². The molecule has 2 bridgehead atoms. The largest absolute Gasteiger partial charge is 0.346 e. The van der Waals surface area contributed by atoms with Crippen LogP contribution in [0.5, 0.6) is 0 Å². The molecule has 3 fully saturated rings. The van der Waals surface area contributed by atoms with Crippen LogP contribution in [0, 0.1) is 11.7 Å². The Kier molecular flexibility index (Phi) is 4.17. The molecule has 27 heavy (non-hydrogen) atoms. The molecule has 3 aliphatic heterocycles. The number of nitrogens with one attached hydrogen (secondary N) is 1. The Balaban J connectivity index is 1.40. The number of rotatable bonds is 3. The molecule has 0 saturated carbocycles. The van der Waals surface area contributed by atoms with Gasteiger partial charge in [-0.1, -0.05) is 24.3 Å². The van der Waals surface area contributed by atoms with Crippen LogP contribution in [0.2, 0.25) is 0 Å². The maximum atomic E-state index is 13.5. The maximum absolute atomic E-state index is 13.5. The van der Waals surface area contributed by atoms with Gasteiger partial charge in [-0.3, -0.25) is 4.79 Å². The molecule has 1 aromatic heterocycles. The highest BCUT2D eigenvalue weighted by molar-refractivity contribution is 7.13. The zero-order chi connectivity index (χ0) is 18.4. The lowest BCUT2D eigenvalue weighted by atomic mass is 9.84. The third kappa shape index (κ3) is 3.13. The van der Waals surface area contributed by atoms with Gasteiger partial charge in [-0.2, -0.15) is 4.37 Å². The molecule has 1 amide bonds. The molecule has 1 atom stereocenters. The van der Waals surface area contributed by atoms with E-state index in [1.807, 2.05) is 24.3 Å². The van der Waals surface area contributed by atoms with E-state index in [1.165, 1.54) is 36.5 Å². The van der Waals surface area contributed by atoms with E-state index < -0.39 is 0 Å². The van der Waals surface area contributed by atoms with Crippen LogP contribution in [-0.4, -0.2) is 40.9 Å². The fraction of sp³-hybridized carbons (Fsp3) is 0.333. The first-order chi connectivity index (χ1) is 13.2. The van der Waals surface area contributed by atoms with Crippen molar-refractivity contribution in [3.8, 4) is 11.1 Å². The van der Waals surface area contributed by atoms with Gasteiger partial charge < -0.3 is 10.2 Å². The number of carbonyl (C=O) groups is 1. The maximum Gasteiger partial charge on any atom is 0.271 e. The molecule has 6 rings (SSSR count). The molecule has 0 spiro atoms. The normalized spacial score (nSPS) is 24.3. The van der Waals surface area contributed by atoms with E-state index in [4.69, 9.17) is 0 Å². The molecule has 0 radical (unpaired) electrons. The first-order valence-corrected chi connectivity index (χ1v) is 10.1. The first-order valence-electron chi connectivity index (χ1n) is 9.36. The van der Waals surface area contributed by atoms with Crippen LogP contribution >= 0.6 is 11.5 Å². The van der Waals surface area contributed by atoms with Gasteiger partial charge in [0.15, 0.2) is 0 Å². The van der Waals surface area contributed by atoms with Crippen molar-refractivity contribution >= 4 is 27.5 Å². The Labute approximate surface area is 161 Å². The summed E-state index contributed by atoms with van der Waals surface area (Å²) >= 11 is 1.32. The molecule has 0 unspecified atom stereocenters. The van der Waals surface area contributed by atoms with Gasteiger partial charge in [-0.15, -0.1) is 0 Å². The minimum Gasteiger partial charge on any atom is -0.346 e. The van der Waals surface area contributed by atoms with Gasteiger partial charge in [0.25, 0.3) is 5.91 Å². The van der Waals surface area contributed by atoms with Crippen LogP contribution in [0.1, 0.15) is 23.3 Å². The van der Waals surface area contributed by atoms with Crippen LogP contribution < -0.4 is 5.32 Å². The molecular formula is C21H20FN3OS. The Morgan fingerprint density at radius 2 is 1.96 bits per heavy atom. The van der Waals surface area contributed by atoms with Gasteiger partial charge in [0.05, 0.1) is 4.70 Å². The van der Waals surface area contributed by atoms with Crippen LogP contribution in [0.4, 0.5) is 4.39 Å². The number of piperidine rings is 3. The van der Waals surface area contributed by atoms with E-state index in [9.17, 15) is 9.18 Å². The minimum atomic E-state index is -0.255. The lowest BCUT2D eigenvalue weighted by molar-refractivity contribution is 0.0619. The van der Waals surface area contributed by atoms with E-state index in [0.29, 0.717) is 11.6 Å². The fourth-order valence-corrected chi connectivity index (χ4v) is 5.13. The van der Waals surface area contributed by atoms with Crippen LogP contribution in [-0.2, 0) is 0 Å². The summed E-state index contributed by atoms with van der Waals surface area (Å²) in [5, 5.41) is 4.07. The van der Waals surface area contributed by atoms with E-state index in [-0.39, 0.29) is 17.8 Å². The standard InChI is InChI=1S/C21H20FN3OS/c22-16-3-1-2-14(10-16)15-4-5-17-19(11-15)27-24-20(17)21(26)23-18-12-25-8-6-13(18)7-9-25/h1-5,10-11,13,18H,6-9,12H2,(H,23,26)/t18-/m0/s1. The molecule has 0 aliphatic carbocycles. The van der Waals surface area contributed by atoms with Gasteiger partial charge in [0.1, 0.15) is 11.5 Å². The second-order valence-corrected chi connectivity index (χ2v) is 8.28. The number of nitrogens with zero attached hydrogens (tertiary/aromatic N) is 2. The summed E-state index contributed by atoms with van der Waals surface area (Å²) < 4.78 is 18.9. The summed E-state index contributed by atoms with van der Waals surface area (Å²) in [7, 11) is 0. The minimum absolute atomic E-state index is 0.0847.